The van der Waals surface area contributed by atoms with Crippen LogP contribution >= 0.6 is 0 Å². The molecule has 1 N–H and O–H groups in total. The Morgan fingerprint density at radius 2 is 1.86 bits per heavy atom. The van der Waals surface area contributed by atoms with E-state index in [1.807, 2.05) is 30.6 Å². The fourth-order valence-electron chi connectivity index (χ4n) is 2.45. The first kappa shape index (κ1) is 14.3. The third kappa shape index (κ3) is 3.01. The minimum absolute atomic E-state index is 0.344. The molecule has 22 heavy (non-hydrogen) atoms. The van der Waals surface area contributed by atoms with E-state index in [4.69, 9.17) is 0 Å². The molecule has 0 aliphatic carbocycles. The highest BCUT2D eigenvalue weighted by Crippen LogP contribution is 2.20. The van der Waals surface area contributed by atoms with Crippen molar-refractivity contribution in [2.24, 2.45) is 0 Å². The molecule has 3 rings (SSSR count). The summed E-state index contributed by atoms with van der Waals surface area (Å²) in [5.74, 6) is 0.888. The standard InChI is InChI=1S/C18H20N4/c1-14(22(2)16-6-4-3-5-7-16)12-21-18-17-13-19-10-8-15(17)9-11-20-18/h3-11,13-14H,12H2,1-2H3,(H,20,21). The number of benzene rings is 1. The minimum Gasteiger partial charge on any atom is -0.370 e. The lowest BCUT2D eigenvalue weighted by molar-refractivity contribution is 0.715. The molecule has 0 aliphatic heterocycles. The molecule has 0 spiro atoms. The van der Waals surface area contributed by atoms with E-state index in [9.17, 15) is 0 Å². The molecule has 0 amide bonds. The Kier molecular flexibility index (Phi) is 4.19. The second-order valence-corrected chi connectivity index (χ2v) is 5.43. The predicted octanol–water partition coefficient (Wildman–Crippen LogP) is 3.57. The van der Waals surface area contributed by atoms with Gasteiger partial charge in [-0.05, 0) is 36.6 Å². The zero-order valence-electron chi connectivity index (χ0n) is 12.9. The molecule has 0 bridgehead atoms. The number of nitrogens with zero attached hydrogens (tertiary/aromatic N) is 3. The summed E-state index contributed by atoms with van der Waals surface area (Å²) in [6.45, 7) is 3.01. The minimum atomic E-state index is 0.344. The smallest absolute Gasteiger partial charge is 0.135 e. The number of likely N-dealkylation sites (N-methyl/N-ethyl adjacent to an activating group) is 1. The summed E-state index contributed by atoms with van der Waals surface area (Å²) in [7, 11) is 2.11. The molecule has 2 heterocycles. The van der Waals surface area contributed by atoms with Gasteiger partial charge in [-0.25, -0.2) is 4.98 Å². The van der Waals surface area contributed by atoms with Gasteiger partial charge < -0.3 is 10.2 Å². The van der Waals surface area contributed by atoms with Gasteiger partial charge in [-0.3, -0.25) is 4.98 Å². The van der Waals surface area contributed by atoms with E-state index in [1.54, 1.807) is 6.20 Å². The summed E-state index contributed by atoms with van der Waals surface area (Å²) in [5.41, 5.74) is 1.21. The van der Waals surface area contributed by atoms with E-state index in [0.717, 1.165) is 23.1 Å². The van der Waals surface area contributed by atoms with Crippen molar-refractivity contribution in [1.29, 1.82) is 0 Å². The van der Waals surface area contributed by atoms with Gasteiger partial charge in [0.15, 0.2) is 0 Å². The van der Waals surface area contributed by atoms with E-state index >= 15 is 0 Å². The average Bonchev–Trinajstić information content (AvgIpc) is 2.59. The van der Waals surface area contributed by atoms with Gasteiger partial charge in [-0.1, -0.05) is 18.2 Å². The molecule has 4 heteroatoms. The van der Waals surface area contributed by atoms with Crippen LogP contribution < -0.4 is 10.2 Å². The third-order valence-electron chi connectivity index (χ3n) is 3.96. The Morgan fingerprint density at radius 3 is 2.68 bits per heavy atom. The molecule has 0 fully saturated rings. The van der Waals surface area contributed by atoms with Crippen LogP contribution in [0, 0.1) is 0 Å². The Morgan fingerprint density at radius 1 is 1.09 bits per heavy atom. The lowest BCUT2D eigenvalue weighted by Gasteiger charge is -2.27. The number of anilines is 2. The van der Waals surface area contributed by atoms with Crippen LogP contribution in [0.1, 0.15) is 6.92 Å². The highest BCUT2D eigenvalue weighted by atomic mass is 15.2. The van der Waals surface area contributed by atoms with Crippen LogP contribution in [0.25, 0.3) is 10.8 Å². The van der Waals surface area contributed by atoms with Gasteiger partial charge in [-0.15, -0.1) is 0 Å². The number of aromatic nitrogens is 2. The maximum atomic E-state index is 4.44. The molecule has 1 aromatic carbocycles. The highest BCUT2D eigenvalue weighted by Gasteiger charge is 2.10. The van der Waals surface area contributed by atoms with Crippen LogP contribution in [0.4, 0.5) is 11.5 Å². The number of nitrogens with one attached hydrogen (secondary N) is 1. The van der Waals surface area contributed by atoms with Crippen molar-refractivity contribution in [3.05, 3.63) is 61.1 Å². The maximum Gasteiger partial charge on any atom is 0.135 e. The number of fused-ring (bicyclic) bond motifs is 1. The fourth-order valence-corrected chi connectivity index (χ4v) is 2.45. The van der Waals surface area contributed by atoms with Crippen LogP contribution in [0.2, 0.25) is 0 Å². The summed E-state index contributed by atoms with van der Waals surface area (Å²) in [6, 6.07) is 14.7. The largest absolute Gasteiger partial charge is 0.370 e. The van der Waals surface area contributed by atoms with Crippen LogP contribution in [0.3, 0.4) is 0 Å². The summed E-state index contributed by atoms with van der Waals surface area (Å²) in [6.07, 6.45) is 5.49. The van der Waals surface area contributed by atoms with E-state index in [2.05, 4.69) is 58.4 Å². The highest BCUT2D eigenvalue weighted by molar-refractivity contribution is 5.90. The summed E-state index contributed by atoms with van der Waals surface area (Å²) >= 11 is 0. The SMILES string of the molecule is CC(CNc1nccc2ccncc12)N(C)c1ccccc1. The quantitative estimate of drug-likeness (QED) is 0.780. The van der Waals surface area contributed by atoms with E-state index in [-0.39, 0.29) is 0 Å². The Hall–Kier alpha value is -2.62. The van der Waals surface area contributed by atoms with Crippen molar-refractivity contribution in [2.45, 2.75) is 13.0 Å². The fraction of sp³-hybridized carbons (Fsp3) is 0.222. The van der Waals surface area contributed by atoms with Crippen molar-refractivity contribution in [2.75, 3.05) is 23.8 Å². The first-order valence-electron chi connectivity index (χ1n) is 7.46. The number of pyridine rings is 2. The topological polar surface area (TPSA) is 41.1 Å². The zero-order chi connectivity index (χ0) is 15.4. The number of hydrogen-bond donors (Lipinski definition) is 1. The van der Waals surface area contributed by atoms with Gasteiger partial charge in [-0.2, -0.15) is 0 Å². The van der Waals surface area contributed by atoms with Gasteiger partial charge >= 0.3 is 0 Å². The van der Waals surface area contributed by atoms with Crippen LogP contribution in [0.15, 0.2) is 61.1 Å². The summed E-state index contributed by atoms with van der Waals surface area (Å²) in [5, 5.41) is 5.65. The van der Waals surface area contributed by atoms with E-state index in [1.165, 1.54) is 5.69 Å². The molecule has 1 atom stereocenters. The monoisotopic (exact) mass is 292 g/mol. The molecule has 0 saturated heterocycles. The predicted molar refractivity (Wildman–Crippen MR) is 92.3 cm³/mol. The van der Waals surface area contributed by atoms with Gasteiger partial charge in [0, 0.05) is 49.3 Å². The molecule has 0 aliphatic rings. The zero-order valence-corrected chi connectivity index (χ0v) is 12.9. The number of hydrogen-bond acceptors (Lipinski definition) is 4. The van der Waals surface area contributed by atoms with Gasteiger partial charge in [0.05, 0.1) is 0 Å². The molecule has 0 saturated carbocycles. The van der Waals surface area contributed by atoms with E-state index < -0.39 is 0 Å². The number of rotatable bonds is 5. The second kappa shape index (κ2) is 6.43. The molecule has 1 unspecified atom stereocenters. The Bertz CT molecular complexity index is 737. The lowest BCUT2D eigenvalue weighted by atomic mass is 10.2. The normalized spacial score (nSPS) is 12.1. The van der Waals surface area contributed by atoms with Gasteiger partial charge in [0.2, 0.25) is 0 Å². The van der Waals surface area contributed by atoms with Crippen LogP contribution in [-0.4, -0.2) is 29.6 Å². The van der Waals surface area contributed by atoms with Crippen LogP contribution in [-0.2, 0) is 0 Å². The first-order valence-corrected chi connectivity index (χ1v) is 7.46. The lowest BCUT2D eigenvalue weighted by Crippen LogP contribution is -2.34. The van der Waals surface area contributed by atoms with Crippen LogP contribution in [0.5, 0.6) is 0 Å². The molecule has 0 radical (unpaired) electrons. The summed E-state index contributed by atoms with van der Waals surface area (Å²) < 4.78 is 0. The Labute approximate surface area is 130 Å². The molecule has 4 nitrogen and oxygen atoms in total. The van der Waals surface area contributed by atoms with E-state index in [0.29, 0.717) is 6.04 Å². The van der Waals surface area contributed by atoms with Crippen molar-refractivity contribution in [3.8, 4) is 0 Å². The third-order valence-corrected chi connectivity index (χ3v) is 3.96. The molecule has 3 aromatic rings. The van der Waals surface area contributed by atoms with Crippen molar-refractivity contribution in [1.82, 2.24) is 9.97 Å². The van der Waals surface area contributed by atoms with Gasteiger partial charge in [0.1, 0.15) is 5.82 Å². The Balaban J connectivity index is 1.71. The molecule has 2 aromatic heterocycles. The number of para-hydroxylation sites is 1. The second-order valence-electron chi connectivity index (χ2n) is 5.43. The molecular weight excluding hydrogens is 272 g/mol. The van der Waals surface area contributed by atoms with Crippen molar-refractivity contribution >= 4 is 22.3 Å². The summed E-state index contributed by atoms with van der Waals surface area (Å²) in [4.78, 5) is 10.9. The van der Waals surface area contributed by atoms with Gasteiger partial charge in [0.25, 0.3) is 0 Å². The molecule has 112 valence electrons. The maximum absolute atomic E-state index is 4.44. The average molecular weight is 292 g/mol. The van der Waals surface area contributed by atoms with Crippen molar-refractivity contribution < 1.29 is 0 Å². The van der Waals surface area contributed by atoms with Crippen molar-refractivity contribution in [3.63, 3.8) is 0 Å². The first-order chi connectivity index (χ1) is 10.8. The molecular formula is C18H20N4.